The minimum atomic E-state index is -0.490. The van der Waals surface area contributed by atoms with Gasteiger partial charge in [-0.1, -0.05) is 6.07 Å². The van der Waals surface area contributed by atoms with Gasteiger partial charge in [0.1, 0.15) is 11.9 Å². The summed E-state index contributed by atoms with van der Waals surface area (Å²) in [5, 5.41) is 2.95. The fraction of sp³-hybridized carbons (Fsp3) is 0.462. The summed E-state index contributed by atoms with van der Waals surface area (Å²) in [6, 6.07) is 4.04. The first-order valence-electron chi connectivity index (χ1n) is 6.26. The summed E-state index contributed by atoms with van der Waals surface area (Å²) >= 11 is 0. The number of carbonyl (C=O) groups excluding carboxylic acids is 1. The van der Waals surface area contributed by atoms with E-state index >= 15 is 0 Å². The fourth-order valence-corrected chi connectivity index (χ4v) is 2.02. The third kappa shape index (κ3) is 3.14. The molecule has 5 nitrogen and oxygen atoms in total. The van der Waals surface area contributed by atoms with Crippen molar-refractivity contribution in [3.63, 3.8) is 0 Å². The number of amides is 1. The van der Waals surface area contributed by atoms with Crippen molar-refractivity contribution in [1.82, 2.24) is 4.90 Å². The Hall–Kier alpha value is -1.82. The van der Waals surface area contributed by atoms with E-state index < -0.39 is 11.9 Å². The molecule has 0 aromatic heterocycles. The van der Waals surface area contributed by atoms with Crippen molar-refractivity contribution in [3.05, 3.63) is 24.0 Å². The van der Waals surface area contributed by atoms with Gasteiger partial charge < -0.3 is 20.7 Å². The van der Waals surface area contributed by atoms with E-state index in [1.807, 2.05) is 0 Å². The highest BCUT2D eigenvalue weighted by Crippen LogP contribution is 2.22. The van der Waals surface area contributed by atoms with Crippen LogP contribution in [0.2, 0.25) is 0 Å². The Morgan fingerprint density at radius 2 is 2.16 bits per heavy atom. The summed E-state index contributed by atoms with van der Waals surface area (Å²) < 4.78 is 18.5. The maximum atomic E-state index is 13.3. The van der Waals surface area contributed by atoms with Crippen molar-refractivity contribution in [1.29, 1.82) is 0 Å². The van der Waals surface area contributed by atoms with Crippen LogP contribution in [-0.2, 0) is 9.53 Å². The molecule has 0 saturated carbocycles. The molecule has 0 aliphatic carbocycles. The van der Waals surface area contributed by atoms with E-state index in [1.54, 1.807) is 24.0 Å². The Bertz CT molecular complexity index is 461. The van der Waals surface area contributed by atoms with Gasteiger partial charge in [0.2, 0.25) is 5.91 Å². The fourth-order valence-electron chi connectivity index (χ4n) is 2.02. The third-order valence-electron chi connectivity index (χ3n) is 3.12. The molecule has 1 unspecified atom stereocenters. The van der Waals surface area contributed by atoms with E-state index in [0.29, 0.717) is 32.0 Å². The van der Waals surface area contributed by atoms with Gasteiger partial charge in [-0.2, -0.15) is 0 Å². The summed E-state index contributed by atoms with van der Waals surface area (Å²) in [6.07, 6.45) is 0. The first kappa shape index (κ1) is 13.6. The van der Waals surface area contributed by atoms with Crippen LogP contribution in [0, 0.1) is 5.82 Å². The predicted octanol–water partition coefficient (Wildman–Crippen LogP) is 1.07. The number of hydrogen-bond acceptors (Lipinski definition) is 4. The van der Waals surface area contributed by atoms with Gasteiger partial charge in [0.25, 0.3) is 0 Å². The molecule has 1 fully saturated rings. The molecule has 1 atom stereocenters. The molecule has 1 heterocycles. The second-order valence-corrected chi connectivity index (χ2v) is 4.50. The van der Waals surface area contributed by atoms with Crippen molar-refractivity contribution in [3.8, 4) is 0 Å². The molecule has 6 heteroatoms. The van der Waals surface area contributed by atoms with Gasteiger partial charge in [0, 0.05) is 13.1 Å². The number of morpholine rings is 1. The Balaban J connectivity index is 2.01. The van der Waals surface area contributed by atoms with Gasteiger partial charge in [-0.05, 0) is 19.1 Å². The Morgan fingerprint density at radius 3 is 2.84 bits per heavy atom. The van der Waals surface area contributed by atoms with Crippen molar-refractivity contribution in [2.45, 2.75) is 13.0 Å². The minimum absolute atomic E-state index is 0.0316. The monoisotopic (exact) mass is 267 g/mol. The Morgan fingerprint density at radius 1 is 1.47 bits per heavy atom. The van der Waals surface area contributed by atoms with Crippen LogP contribution in [0.25, 0.3) is 0 Å². The molecule has 19 heavy (non-hydrogen) atoms. The predicted molar refractivity (Wildman–Crippen MR) is 71.3 cm³/mol. The van der Waals surface area contributed by atoms with E-state index in [-0.39, 0.29) is 11.6 Å². The van der Waals surface area contributed by atoms with Crippen molar-refractivity contribution in [2.75, 3.05) is 37.4 Å². The van der Waals surface area contributed by atoms with Crippen LogP contribution in [-0.4, -0.2) is 43.2 Å². The number of nitrogens with two attached hydrogens (primary N) is 1. The highest BCUT2D eigenvalue weighted by Gasteiger charge is 2.22. The summed E-state index contributed by atoms with van der Waals surface area (Å²) in [5.41, 5.74) is 6.10. The van der Waals surface area contributed by atoms with Gasteiger partial charge >= 0.3 is 0 Å². The van der Waals surface area contributed by atoms with Gasteiger partial charge in [-0.3, -0.25) is 4.79 Å². The normalized spacial score (nSPS) is 17.1. The SMILES string of the molecule is CC(Nc1cccc(F)c1N)C(=O)N1CCOCC1. The molecule has 1 saturated heterocycles. The maximum Gasteiger partial charge on any atom is 0.244 e. The molecule has 104 valence electrons. The first-order chi connectivity index (χ1) is 9.09. The Kier molecular flexibility index (Phi) is 4.21. The lowest BCUT2D eigenvalue weighted by Gasteiger charge is -2.30. The molecular weight excluding hydrogens is 249 g/mol. The molecule has 1 amide bonds. The van der Waals surface area contributed by atoms with Crippen LogP contribution in [0.3, 0.4) is 0 Å². The van der Waals surface area contributed by atoms with Crippen LogP contribution in [0.15, 0.2) is 18.2 Å². The van der Waals surface area contributed by atoms with Crippen molar-refractivity contribution < 1.29 is 13.9 Å². The summed E-state index contributed by atoms with van der Waals surface area (Å²) in [7, 11) is 0. The van der Waals surface area contributed by atoms with Crippen LogP contribution in [0.5, 0.6) is 0 Å². The van der Waals surface area contributed by atoms with Crippen LogP contribution >= 0.6 is 0 Å². The van der Waals surface area contributed by atoms with E-state index in [9.17, 15) is 9.18 Å². The number of rotatable bonds is 3. The van der Waals surface area contributed by atoms with E-state index in [4.69, 9.17) is 10.5 Å². The molecule has 1 aromatic rings. The van der Waals surface area contributed by atoms with Crippen molar-refractivity contribution in [2.24, 2.45) is 0 Å². The first-order valence-corrected chi connectivity index (χ1v) is 6.26. The number of hydrogen-bond donors (Lipinski definition) is 2. The highest BCUT2D eigenvalue weighted by atomic mass is 19.1. The zero-order valence-electron chi connectivity index (χ0n) is 10.9. The molecule has 1 aromatic carbocycles. The van der Waals surface area contributed by atoms with Crippen LogP contribution in [0.4, 0.5) is 15.8 Å². The number of anilines is 2. The lowest BCUT2D eigenvalue weighted by molar-refractivity contribution is -0.135. The van der Waals surface area contributed by atoms with Crippen LogP contribution in [0.1, 0.15) is 6.92 Å². The van der Waals surface area contributed by atoms with E-state index in [1.165, 1.54) is 6.07 Å². The third-order valence-corrected chi connectivity index (χ3v) is 3.12. The quantitative estimate of drug-likeness (QED) is 0.804. The second kappa shape index (κ2) is 5.88. The number of nitrogens with one attached hydrogen (secondary N) is 1. The molecule has 1 aliphatic rings. The van der Waals surface area contributed by atoms with E-state index in [0.717, 1.165) is 0 Å². The number of halogens is 1. The smallest absolute Gasteiger partial charge is 0.244 e. The van der Waals surface area contributed by atoms with Gasteiger partial charge in [0.15, 0.2) is 0 Å². The molecule has 0 spiro atoms. The molecular formula is C13H18FN3O2. The highest BCUT2D eigenvalue weighted by molar-refractivity contribution is 5.85. The second-order valence-electron chi connectivity index (χ2n) is 4.50. The molecule has 1 aliphatic heterocycles. The molecule has 0 radical (unpaired) electrons. The number of para-hydroxylation sites is 1. The maximum absolute atomic E-state index is 13.3. The summed E-state index contributed by atoms with van der Waals surface area (Å²) in [5.74, 6) is -0.525. The largest absolute Gasteiger partial charge is 0.395 e. The lowest BCUT2D eigenvalue weighted by atomic mass is 10.2. The number of ether oxygens (including phenoxy) is 1. The Labute approximate surface area is 111 Å². The number of nitrogen functional groups attached to an aromatic ring is 1. The minimum Gasteiger partial charge on any atom is -0.395 e. The molecule has 2 rings (SSSR count). The summed E-state index contributed by atoms with van der Waals surface area (Å²) in [4.78, 5) is 13.9. The zero-order chi connectivity index (χ0) is 13.8. The lowest BCUT2D eigenvalue weighted by Crippen LogP contribution is -2.47. The molecule has 3 N–H and O–H groups in total. The van der Waals surface area contributed by atoms with Gasteiger partial charge in [0.05, 0.1) is 24.6 Å². The average molecular weight is 267 g/mol. The van der Waals surface area contributed by atoms with Gasteiger partial charge in [-0.25, -0.2) is 4.39 Å². The zero-order valence-corrected chi connectivity index (χ0v) is 10.9. The number of carbonyl (C=O) groups is 1. The van der Waals surface area contributed by atoms with E-state index in [2.05, 4.69) is 5.32 Å². The number of nitrogens with zero attached hydrogens (tertiary/aromatic N) is 1. The summed E-state index contributed by atoms with van der Waals surface area (Å²) in [6.45, 7) is 4.02. The standard InChI is InChI=1S/C13H18FN3O2/c1-9(13(18)17-5-7-19-8-6-17)16-11-4-2-3-10(14)12(11)15/h2-4,9,16H,5-8,15H2,1H3. The topological polar surface area (TPSA) is 67.6 Å². The average Bonchev–Trinajstić information content (AvgIpc) is 2.44. The van der Waals surface area contributed by atoms with Crippen LogP contribution < -0.4 is 11.1 Å². The van der Waals surface area contributed by atoms with Gasteiger partial charge in [-0.15, -0.1) is 0 Å². The number of benzene rings is 1. The van der Waals surface area contributed by atoms with Crippen molar-refractivity contribution >= 4 is 17.3 Å². The molecule has 0 bridgehead atoms.